The molecule has 2 aromatic heterocycles. The zero-order chi connectivity index (χ0) is 16.5. The Morgan fingerprint density at radius 1 is 1.29 bits per heavy atom. The van der Waals surface area contributed by atoms with Gasteiger partial charge in [-0.15, -0.1) is 11.3 Å². The van der Waals surface area contributed by atoms with Crippen molar-refractivity contribution in [1.82, 2.24) is 10.3 Å². The molecular formula is C19H18N2O2S. The van der Waals surface area contributed by atoms with E-state index in [2.05, 4.69) is 28.5 Å². The van der Waals surface area contributed by atoms with E-state index in [1.807, 2.05) is 25.1 Å². The minimum atomic E-state index is -0.175. The molecule has 0 saturated carbocycles. The molecule has 2 heterocycles. The van der Waals surface area contributed by atoms with Crippen molar-refractivity contribution in [3.8, 4) is 10.6 Å². The van der Waals surface area contributed by atoms with Gasteiger partial charge in [-0.05, 0) is 49.4 Å². The van der Waals surface area contributed by atoms with Crippen molar-refractivity contribution in [2.75, 3.05) is 0 Å². The highest BCUT2D eigenvalue weighted by molar-refractivity contribution is 7.15. The number of hydrogen-bond acceptors (Lipinski definition) is 4. The van der Waals surface area contributed by atoms with E-state index in [-0.39, 0.29) is 11.9 Å². The number of aryl methyl sites for hydroxylation is 2. The van der Waals surface area contributed by atoms with E-state index >= 15 is 0 Å². The van der Waals surface area contributed by atoms with Crippen LogP contribution in [-0.2, 0) is 6.42 Å². The molecule has 0 fully saturated rings. The molecule has 1 aromatic carbocycles. The largest absolute Gasteiger partial charge is 0.442 e. The third-order valence-electron chi connectivity index (χ3n) is 4.42. The summed E-state index contributed by atoms with van der Waals surface area (Å²) in [6, 6.07) is 12.3. The summed E-state index contributed by atoms with van der Waals surface area (Å²) in [6.07, 6.45) is 4.45. The second kappa shape index (κ2) is 6.24. The number of thiophene rings is 1. The summed E-state index contributed by atoms with van der Waals surface area (Å²) in [5, 5.41) is 3.14. The van der Waals surface area contributed by atoms with Crippen LogP contribution >= 0.6 is 11.3 Å². The molecule has 122 valence electrons. The summed E-state index contributed by atoms with van der Waals surface area (Å²) in [7, 11) is 0. The van der Waals surface area contributed by atoms with Gasteiger partial charge in [-0.25, -0.2) is 4.98 Å². The maximum Gasteiger partial charge on any atom is 0.274 e. The van der Waals surface area contributed by atoms with Crippen molar-refractivity contribution in [1.29, 1.82) is 0 Å². The molecule has 0 radical (unpaired) electrons. The van der Waals surface area contributed by atoms with E-state index in [0.717, 1.165) is 24.1 Å². The maximum atomic E-state index is 12.8. The van der Waals surface area contributed by atoms with Gasteiger partial charge in [0.05, 0.1) is 10.9 Å². The lowest BCUT2D eigenvalue weighted by Crippen LogP contribution is -2.31. The standard InChI is InChI=1S/C19H18N2O2S/c1-12-9-10-16(24-12)18-17(20-11-23-18)19(22)21-15-8-4-6-13-5-2-3-7-14(13)15/h2-3,5,7,9-11,15H,4,6,8H2,1H3,(H,21,22). The second-order valence-corrected chi connectivity index (χ2v) is 7.35. The fourth-order valence-electron chi connectivity index (χ4n) is 3.27. The Hall–Kier alpha value is -2.40. The Morgan fingerprint density at radius 3 is 3.00 bits per heavy atom. The predicted octanol–water partition coefficient (Wildman–Crippen LogP) is 4.52. The van der Waals surface area contributed by atoms with Gasteiger partial charge in [-0.3, -0.25) is 4.79 Å². The first-order valence-corrected chi connectivity index (χ1v) is 8.93. The van der Waals surface area contributed by atoms with Crippen LogP contribution < -0.4 is 5.32 Å². The van der Waals surface area contributed by atoms with Crippen LogP contribution in [0.3, 0.4) is 0 Å². The molecule has 1 amide bonds. The first-order valence-electron chi connectivity index (χ1n) is 8.11. The Bertz CT molecular complexity index is 881. The number of carbonyl (C=O) groups is 1. The smallest absolute Gasteiger partial charge is 0.274 e. The zero-order valence-electron chi connectivity index (χ0n) is 13.4. The number of amides is 1. The van der Waals surface area contributed by atoms with Gasteiger partial charge < -0.3 is 9.73 Å². The normalized spacial score (nSPS) is 16.6. The van der Waals surface area contributed by atoms with Crippen molar-refractivity contribution >= 4 is 17.2 Å². The van der Waals surface area contributed by atoms with Crippen LogP contribution in [0.1, 0.15) is 45.4 Å². The van der Waals surface area contributed by atoms with E-state index in [1.54, 1.807) is 11.3 Å². The number of oxazole rings is 1. The van der Waals surface area contributed by atoms with Gasteiger partial charge in [0.15, 0.2) is 17.8 Å². The SMILES string of the molecule is Cc1ccc(-c2ocnc2C(=O)NC2CCCc3ccccc32)s1. The number of aromatic nitrogens is 1. The molecule has 1 aliphatic rings. The summed E-state index contributed by atoms with van der Waals surface area (Å²) >= 11 is 1.60. The molecule has 0 saturated heterocycles. The number of nitrogens with one attached hydrogen (secondary N) is 1. The van der Waals surface area contributed by atoms with Crippen LogP contribution in [0, 0.1) is 6.92 Å². The number of benzene rings is 1. The summed E-state index contributed by atoms with van der Waals surface area (Å²) in [5.41, 5.74) is 2.90. The molecule has 0 aliphatic heterocycles. The lowest BCUT2D eigenvalue weighted by atomic mass is 9.87. The lowest BCUT2D eigenvalue weighted by molar-refractivity contribution is 0.0928. The highest BCUT2D eigenvalue weighted by Crippen LogP contribution is 2.32. The topological polar surface area (TPSA) is 55.1 Å². The van der Waals surface area contributed by atoms with Gasteiger partial charge in [0.1, 0.15) is 0 Å². The van der Waals surface area contributed by atoms with Crippen molar-refractivity contribution in [3.05, 3.63) is 64.5 Å². The van der Waals surface area contributed by atoms with Crippen LogP contribution in [0.5, 0.6) is 0 Å². The summed E-state index contributed by atoms with van der Waals surface area (Å²) < 4.78 is 5.48. The van der Waals surface area contributed by atoms with Crippen LogP contribution in [-0.4, -0.2) is 10.9 Å². The first-order chi connectivity index (χ1) is 11.7. The minimum Gasteiger partial charge on any atom is -0.442 e. The number of rotatable bonds is 3. The molecule has 4 rings (SSSR count). The van der Waals surface area contributed by atoms with E-state index in [1.165, 1.54) is 22.4 Å². The van der Waals surface area contributed by atoms with Gasteiger partial charge in [0.2, 0.25) is 0 Å². The molecule has 1 aliphatic carbocycles. The zero-order valence-corrected chi connectivity index (χ0v) is 14.2. The van der Waals surface area contributed by atoms with Crippen molar-refractivity contribution in [2.24, 2.45) is 0 Å². The fraction of sp³-hybridized carbons (Fsp3) is 0.263. The second-order valence-electron chi connectivity index (χ2n) is 6.06. The fourth-order valence-corrected chi connectivity index (χ4v) is 4.13. The molecular weight excluding hydrogens is 320 g/mol. The first kappa shape index (κ1) is 15.1. The predicted molar refractivity (Wildman–Crippen MR) is 94.1 cm³/mol. The van der Waals surface area contributed by atoms with E-state index < -0.39 is 0 Å². The maximum absolute atomic E-state index is 12.8. The molecule has 5 heteroatoms. The third kappa shape index (κ3) is 2.76. The highest BCUT2D eigenvalue weighted by Gasteiger charge is 2.25. The average molecular weight is 338 g/mol. The van der Waals surface area contributed by atoms with Crippen LogP contribution in [0.4, 0.5) is 0 Å². The Kier molecular flexibility index (Phi) is 3.94. The monoisotopic (exact) mass is 338 g/mol. The molecule has 24 heavy (non-hydrogen) atoms. The van der Waals surface area contributed by atoms with Gasteiger partial charge in [-0.2, -0.15) is 0 Å². The van der Waals surface area contributed by atoms with Gasteiger partial charge in [0.25, 0.3) is 5.91 Å². The Balaban J connectivity index is 1.59. The number of carbonyl (C=O) groups excluding carboxylic acids is 1. The number of hydrogen-bond donors (Lipinski definition) is 1. The number of nitrogens with zero attached hydrogens (tertiary/aromatic N) is 1. The number of fused-ring (bicyclic) bond motifs is 1. The molecule has 1 unspecified atom stereocenters. The van der Waals surface area contributed by atoms with E-state index in [9.17, 15) is 4.79 Å². The van der Waals surface area contributed by atoms with E-state index in [0.29, 0.717) is 11.5 Å². The summed E-state index contributed by atoms with van der Waals surface area (Å²) in [5.74, 6) is 0.376. The van der Waals surface area contributed by atoms with Crippen molar-refractivity contribution in [3.63, 3.8) is 0 Å². The van der Waals surface area contributed by atoms with Crippen molar-refractivity contribution < 1.29 is 9.21 Å². The van der Waals surface area contributed by atoms with Crippen LogP contribution in [0.25, 0.3) is 10.6 Å². The minimum absolute atomic E-state index is 0.0390. The Morgan fingerprint density at radius 2 is 2.17 bits per heavy atom. The average Bonchev–Trinajstić information content (AvgIpc) is 3.24. The van der Waals surface area contributed by atoms with E-state index in [4.69, 9.17) is 4.42 Å². The van der Waals surface area contributed by atoms with Gasteiger partial charge in [0, 0.05) is 4.88 Å². The third-order valence-corrected chi connectivity index (χ3v) is 5.42. The molecule has 1 N–H and O–H groups in total. The molecule has 0 spiro atoms. The van der Waals surface area contributed by atoms with Crippen LogP contribution in [0.15, 0.2) is 47.2 Å². The van der Waals surface area contributed by atoms with Gasteiger partial charge >= 0.3 is 0 Å². The van der Waals surface area contributed by atoms with Crippen LogP contribution in [0.2, 0.25) is 0 Å². The molecule has 3 aromatic rings. The summed E-state index contributed by atoms with van der Waals surface area (Å²) in [4.78, 5) is 19.0. The highest BCUT2D eigenvalue weighted by atomic mass is 32.1. The quantitative estimate of drug-likeness (QED) is 0.764. The molecule has 1 atom stereocenters. The summed E-state index contributed by atoms with van der Waals surface area (Å²) in [6.45, 7) is 2.03. The lowest BCUT2D eigenvalue weighted by Gasteiger charge is -2.26. The van der Waals surface area contributed by atoms with Gasteiger partial charge in [-0.1, -0.05) is 24.3 Å². The van der Waals surface area contributed by atoms with Crippen molar-refractivity contribution in [2.45, 2.75) is 32.2 Å². The molecule has 0 bridgehead atoms. The Labute approximate surface area is 144 Å². The molecule has 4 nitrogen and oxygen atoms in total.